The number of Topliss-reactive ketones (excluding diaryl/α,β-unsaturated/α-hetero) is 1. The summed E-state index contributed by atoms with van der Waals surface area (Å²) >= 11 is 0. The van der Waals surface area contributed by atoms with Crippen molar-refractivity contribution in [3.05, 3.63) is 64.7 Å². The molecule has 1 aliphatic rings. The molecule has 0 amide bonds. The quantitative estimate of drug-likeness (QED) is 0.648. The highest BCUT2D eigenvalue weighted by molar-refractivity contribution is 6.15. The van der Waals surface area contributed by atoms with E-state index < -0.39 is 11.6 Å². The van der Waals surface area contributed by atoms with Crippen molar-refractivity contribution in [1.29, 1.82) is 10.5 Å². The fraction of sp³-hybridized carbons (Fsp3) is 0.150. The number of carbonyl (C=O) groups excluding carboxylic acids is 1. The lowest BCUT2D eigenvalue weighted by atomic mass is 10.0. The molecule has 2 aromatic rings. The van der Waals surface area contributed by atoms with Gasteiger partial charge in [0, 0.05) is 12.1 Å². The molecule has 0 unspecified atom stereocenters. The first-order valence-corrected chi connectivity index (χ1v) is 8.05. The van der Waals surface area contributed by atoms with Gasteiger partial charge in [-0.1, -0.05) is 18.2 Å². The van der Waals surface area contributed by atoms with Gasteiger partial charge in [-0.2, -0.15) is 10.5 Å². The first kappa shape index (κ1) is 18.1. The Bertz CT molecular complexity index is 1000. The Hall–Kier alpha value is -3.68. The molecule has 0 atom stereocenters. The maximum atomic E-state index is 13.9. The van der Waals surface area contributed by atoms with Gasteiger partial charge in [0.25, 0.3) is 0 Å². The van der Waals surface area contributed by atoms with E-state index in [1.165, 1.54) is 35.2 Å². The van der Waals surface area contributed by atoms with Crippen molar-refractivity contribution in [2.24, 2.45) is 0 Å². The lowest BCUT2D eigenvalue weighted by molar-refractivity contribution is 0.101. The molecule has 2 aromatic carbocycles. The van der Waals surface area contributed by atoms with E-state index in [-0.39, 0.29) is 48.0 Å². The topological polar surface area (TPSA) is 97.3 Å². The van der Waals surface area contributed by atoms with Crippen LogP contribution in [0.5, 0.6) is 11.5 Å². The van der Waals surface area contributed by atoms with Crippen LogP contribution in [0.3, 0.4) is 0 Å². The minimum absolute atomic E-state index is 0.0253. The zero-order valence-electron chi connectivity index (χ0n) is 14.1. The van der Waals surface area contributed by atoms with Gasteiger partial charge in [0.1, 0.15) is 17.3 Å². The number of hydrogen-bond donors (Lipinski definition) is 1. The molecule has 7 heteroatoms. The number of ketones is 1. The molecule has 0 saturated heterocycles. The highest BCUT2D eigenvalue weighted by Crippen LogP contribution is 2.40. The van der Waals surface area contributed by atoms with Crippen molar-refractivity contribution in [2.75, 3.05) is 13.1 Å². The summed E-state index contributed by atoms with van der Waals surface area (Å²) in [6.07, 6.45) is 1.31. The number of ether oxygens (including phenoxy) is 1. The van der Waals surface area contributed by atoms with Crippen molar-refractivity contribution in [3.8, 4) is 23.6 Å². The average Bonchev–Trinajstić information content (AvgIpc) is 2.96. The number of aromatic hydroxyl groups is 1. The monoisotopic (exact) mass is 363 g/mol. The van der Waals surface area contributed by atoms with Gasteiger partial charge in [-0.25, -0.2) is 4.39 Å². The Labute approximate surface area is 154 Å². The van der Waals surface area contributed by atoms with E-state index in [0.29, 0.717) is 5.56 Å². The summed E-state index contributed by atoms with van der Waals surface area (Å²) in [4.78, 5) is 14.1. The molecule has 1 aliphatic heterocycles. The standard InChI is InChI=1S/C20H14FN3O3/c21-16-4-2-1-3-13(16)11-18-19(26)14-5-6-17(25)15(20(14)27-18)12-24(9-7-22)10-8-23/h1-6,11,25H,9-10,12H2/b18-11+. The van der Waals surface area contributed by atoms with Crippen molar-refractivity contribution in [2.45, 2.75) is 6.54 Å². The van der Waals surface area contributed by atoms with Crippen LogP contribution in [0.15, 0.2) is 42.2 Å². The van der Waals surface area contributed by atoms with Crippen molar-refractivity contribution in [1.82, 2.24) is 4.90 Å². The van der Waals surface area contributed by atoms with Crippen LogP contribution in [0.1, 0.15) is 21.5 Å². The number of hydrogen-bond acceptors (Lipinski definition) is 6. The van der Waals surface area contributed by atoms with Gasteiger partial charge in [-0.3, -0.25) is 9.69 Å². The first-order valence-electron chi connectivity index (χ1n) is 8.05. The van der Waals surface area contributed by atoms with Crippen LogP contribution >= 0.6 is 0 Å². The van der Waals surface area contributed by atoms with Gasteiger partial charge in [0.2, 0.25) is 5.78 Å². The lowest BCUT2D eigenvalue weighted by Crippen LogP contribution is -2.24. The third-order valence-electron chi connectivity index (χ3n) is 4.08. The van der Waals surface area contributed by atoms with Crippen molar-refractivity contribution in [3.63, 3.8) is 0 Å². The summed E-state index contributed by atoms with van der Waals surface area (Å²) in [6.45, 7) is 0.00145. The molecular weight excluding hydrogens is 349 g/mol. The van der Waals surface area contributed by atoms with E-state index >= 15 is 0 Å². The maximum absolute atomic E-state index is 13.9. The molecule has 0 spiro atoms. The Morgan fingerprint density at radius 3 is 2.52 bits per heavy atom. The molecule has 1 heterocycles. The molecule has 0 radical (unpaired) electrons. The summed E-state index contributed by atoms with van der Waals surface area (Å²) in [5, 5.41) is 28.0. The van der Waals surface area contributed by atoms with E-state index in [1.54, 1.807) is 12.1 Å². The zero-order chi connectivity index (χ0) is 19.4. The second-order valence-corrected chi connectivity index (χ2v) is 5.86. The van der Waals surface area contributed by atoms with Crippen LogP contribution in [0.25, 0.3) is 6.08 Å². The molecule has 0 aromatic heterocycles. The molecule has 6 nitrogen and oxygen atoms in total. The second kappa shape index (κ2) is 7.69. The number of rotatable bonds is 5. The predicted molar refractivity (Wildman–Crippen MR) is 93.9 cm³/mol. The van der Waals surface area contributed by atoms with Gasteiger partial charge < -0.3 is 9.84 Å². The van der Waals surface area contributed by atoms with Gasteiger partial charge in [-0.15, -0.1) is 0 Å². The fourth-order valence-electron chi connectivity index (χ4n) is 2.77. The van der Waals surface area contributed by atoms with Gasteiger partial charge >= 0.3 is 0 Å². The molecule has 0 saturated carbocycles. The highest BCUT2D eigenvalue weighted by atomic mass is 19.1. The third kappa shape index (κ3) is 3.64. The van der Waals surface area contributed by atoms with Crippen LogP contribution in [-0.4, -0.2) is 28.9 Å². The highest BCUT2D eigenvalue weighted by Gasteiger charge is 2.31. The van der Waals surface area contributed by atoms with E-state index in [9.17, 15) is 14.3 Å². The Kier molecular flexibility index (Phi) is 5.16. The summed E-state index contributed by atoms with van der Waals surface area (Å²) in [7, 11) is 0. The SMILES string of the molecule is N#CCN(CC#N)Cc1c(O)ccc2c1O/C(=C/c1ccccc1F)C2=O. The summed E-state index contributed by atoms with van der Waals surface area (Å²) in [6, 6.07) is 12.7. The Morgan fingerprint density at radius 2 is 1.85 bits per heavy atom. The third-order valence-corrected chi connectivity index (χ3v) is 4.08. The van der Waals surface area contributed by atoms with Gasteiger partial charge in [-0.05, 0) is 24.3 Å². The van der Waals surface area contributed by atoms with Crippen LogP contribution < -0.4 is 4.74 Å². The maximum Gasteiger partial charge on any atom is 0.231 e. The molecule has 0 bridgehead atoms. The second-order valence-electron chi connectivity index (χ2n) is 5.86. The normalized spacial score (nSPS) is 13.9. The molecule has 3 rings (SSSR count). The number of carbonyl (C=O) groups is 1. The fourth-order valence-corrected chi connectivity index (χ4v) is 2.77. The van der Waals surface area contributed by atoms with Crippen LogP contribution in [0.4, 0.5) is 4.39 Å². The van der Waals surface area contributed by atoms with Gasteiger partial charge in [0.15, 0.2) is 5.76 Å². The van der Waals surface area contributed by atoms with Crippen LogP contribution in [0, 0.1) is 28.5 Å². The zero-order valence-corrected chi connectivity index (χ0v) is 14.1. The largest absolute Gasteiger partial charge is 0.507 e. The number of nitriles is 2. The average molecular weight is 363 g/mol. The number of allylic oxidation sites excluding steroid dienone is 1. The Balaban J connectivity index is 1.98. The van der Waals surface area contributed by atoms with E-state index in [1.807, 2.05) is 12.1 Å². The number of phenolic OH excluding ortho intramolecular Hbond substituents is 1. The van der Waals surface area contributed by atoms with Crippen molar-refractivity contribution < 1.29 is 19.0 Å². The van der Waals surface area contributed by atoms with E-state index in [0.717, 1.165) is 0 Å². The van der Waals surface area contributed by atoms with E-state index in [2.05, 4.69) is 0 Å². The minimum Gasteiger partial charge on any atom is -0.507 e. The van der Waals surface area contributed by atoms with Crippen molar-refractivity contribution >= 4 is 11.9 Å². The van der Waals surface area contributed by atoms with Crippen LogP contribution in [0.2, 0.25) is 0 Å². The summed E-state index contributed by atoms with van der Waals surface area (Å²) in [5.74, 6) is -0.941. The molecule has 134 valence electrons. The van der Waals surface area contributed by atoms with E-state index in [4.69, 9.17) is 15.3 Å². The van der Waals surface area contributed by atoms with Gasteiger partial charge in [0.05, 0.1) is 36.4 Å². The number of halogens is 1. The molecule has 27 heavy (non-hydrogen) atoms. The summed E-state index contributed by atoms with van der Waals surface area (Å²) in [5.41, 5.74) is 0.734. The smallest absolute Gasteiger partial charge is 0.231 e. The number of benzene rings is 2. The molecular formula is C20H14FN3O3. The summed E-state index contributed by atoms with van der Waals surface area (Å²) < 4.78 is 19.5. The first-order chi connectivity index (χ1) is 13.0. The Morgan fingerprint density at radius 1 is 1.15 bits per heavy atom. The molecule has 1 N–H and O–H groups in total. The predicted octanol–water partition coefficient (Wildman–Crippen LogP) is 3.00. The molecule has 0 aliphatic carbocycles. The minimum atomic E-state index is -0.491. The number of fused-ring (bicyclic) bond motifs is 1. The lowest BCUT2D eigenvalue weighted by Gasteiger charge is -2.17. The number of phenols is 1. The van der Waals surface area contributed by atoms with Crippen LogP contribution in [-0.2, 0) is 6.54 Å². The molecule has 0 fully saturated rings. The number of nitrogens with zero attached hydrogens (tertiary/aromatic N) is 3.